The molecule has 0 spiro atoms. The Morgan fingerprint density at radius 1 is 1.19 bits per heavy atom. The van der Waals surface area contributed by atoms with E-state index in [1.807, 2.05) is 0 Å². The van der Waals surface area contributed by atoms with Gasteiger partial charge in [-0.1, -0.05) is 43.2 Å². The SMILES string of the molecule is O=C(N[C@H](Cc1ccccc1)C1CCCC1)[C@H]1CCNC1. The van der Waals surface area contributed by atoms with Crippen molar-refractivity contribution in [3.05, 3.63) is 35.9 Å². The summed E-state index contributed by atoms with van der Waals surface area (Å²) in [4.78, 5) is 12.5. The summed E-state index contributed by atoms with van der Waals surface area (Å²) in [6, 6.07) is 10.9. The van der Waals surface area contributed by atoms with Crippen molar-refractivity contribution in [2.24, 2.45) is 11.8 Å². The second kappa shape index (κ2) is 7.08. The van der Waals surface area contributed by atoms with Gasteiger partial charge in [0.05, 0.1) is 5.92 Å². The molecular weight excluding hydrogens is 260 g/mol. The van der Waals surface area contributed by atoms with Gasteiger partial charge < -0.3 is 10.6 Å². The first kappa shape index (κ1) is 14.6. The average molecular weight is 286 g/mol. The average Bonchev–Trinajstić information content (AvgIpc) is 3.21. The van der Waals surface area contributed by atoms with Crippen LogP contribution in [0, 0.1) is 11.8 Å². The van der Waals surface area contributed by atoms with E-state index >= 15 is 0 Å². The van der Waals surface area contributed by atoms with Crippen molar-refractivity contribution in [2.45, 2.75) is 44.6 Å². The molecule has 1 amide bonds. The summed E-state index contributed by atoms with van der Waals surface area (Å²) in [7, 11) is 0. The molecule has 2 fully saturated rings. The lowest BCUT2D eigenvalue weighted by Crippen LogP contribution is -2.44. The fourth-order valence-corrected chi connectivity index (χ4v) is 3.74. The van der Waals surface area contributed by atoms with Crippen molar-refractivity contribution >= 4 is 5.91 Å². The number of benzene rings is 1. The third kappa shape index (κ3) is 3.85. The van der Waals surface area contributed by atoms with Crippen LogP contribution in [0.4, 0.5) is 0 Å². The van der Waals surface area contributed by atoms with Crippen molar-refractivity contribution in [2.75, 3.05) is 13.1 Å². The Bertz CT molecular complexity index is 448. The number of hydrogen-bond donors (Lipinski definition) is 2. The Morgan fingerprint density at radius 3 is 2.62 bits per heavy atom. The molecule has 3 rings (SSSR count). The van der Waals surface area contributed by atoms with Crippen LogP contribution in [0.1, 0.15) is 37.7 Å². The topological polar surface area (TPSA) is 41.1 Å². The highest BCUT2D eigenvalue weighted by molar-refractivity contribution is 5.79. The Hall–Kier alpha value is -1.35. The van der Waals surface area contributed by atoms with Gasteiger partial charge in [-0.3, -0.25) is 4.79 Å². The van der Waals surface area contributed by atoms with E-state index in [4.69, 9.17) is 0 Å². The summed E-state index contributed by atoms with van der Waals surface area (Å²) >= 11 is 0. The van der Waals surface area contributed by atoms with Gasteiger partial charge in [0.1, 0.15) is 0 Å². The second-order valence-electron chi connectivity index (χ2n) is 6.54. The van der Waals surface area contributed by atoms with Gasteiger partial charge in [0.2, 0.25) is 5.91 Å². The van der Waals surface area contributed by atoms with Crippen LogP contribution in [0.2, 0.25) is 0 Å². The minimum atomic E-state index is 0.171. The zero-order chi connectivity index (χ0) is 14.5. The number of carbonyl (C=O) groups excluding carboxylic acids is 1. The molecule has 0 unspecified atom stereocenters. The fourth-order valence-electron chi connectivity index (χ4n) is 3.74. The maximum Gasteiger partial charge on any atom is 0.224 e. The lowest BCUT2D eigenvalue weighted by Gasteiger charge is -2.26. The predicted molar refractivity (Wildman–Crippen MR) is 85.0 cm³/mol. The van der Waals surface area contributed by atoms with Crippen molar-refractivity contribution in [1.29, 1.82) is 0 Å². The number of nitrogens with one attached hydrogen (secondary N) is 2. The van der Waals surface area contributed by atoms with E-state index in [0.29, 0.717) is 12.0 Å². The smallest absolute Gasteiger partial charge is 0.224 e. The minimum absolute atomic E-state index is 0.171. The third-order valence-electron chi connectivity index (χ3n) is 5.03. The molecule has 1 aromatic rings. The van der Waals surface area contributed by atoms with Crippen LogP contribution in [-0.4, -0.2) is 25.0 Å². The lowest BCUT2D eigenvalue weighted by atomic mass is 9.91. The first-order valence-electron chi connectivity index (χ1n) is 8.38. The van der Waals surface area contributed by atoms with E-state index in [-0.39, 0.29) is 11.8 Å². The van der Waals surface area contributed by atoms with Crippen molar-refractivity contribution in [1.82, 2.24) is 10.6 Å². The molecule has 2 N–H and O–H groups in total. The molecule has 0 bridgehead atoms. The van der Waals surface area contributed by atoms with Crippen LogP contribution in [0.25, 0.3) is 0 Å². The third-order valence-corrected chi connectivity index (χ3v) is 5.03. The van der Waals surface area contributed by atoms with Crippen molar-refractivity contribution < 1.29 is 4.79 Å². The van der Waals surface area contributed by atoms with Gasteiger partial charge in [0, 0.05) is 12.6 Å². The molecule has 3 nitrogen and oxygen atoms in total. The molecule has 1 saturated heterocycles. The molecule has 2 atom stereocenters. The zero-order valence-electron chi connectivity index (χ0n) is 12.7. The van der Waals surface area contributed by atoms with Gasteiger partial charge in [-0.25, -0.2) is 0 Å². The van der Waals surface area contributed by atoms with Crippen LogP contribution < -0.4 is 10.6 Å². The maximum absolute atomic E-state index is 12.5. The molecule has 1 aromatic carbocycles. The Morgan fingerprint density at radius 2 is 1.95 bits per heavy atom. The van der Waals surface area contributed by atoms with Gasteiger partial charge in [0.25, 0.3) is 0 Å². The molecule has 21 heavy (non-hydrogen) atoms. The van der Waals surface area contributed by atoms with E-state index < -0.39 is 0 Å². The van der Waals surface area contributed by atoms with Crippen molar-refractivity contribution in [3.8, 4) is 0 Å². The first-order valence-corrected chi connectivity index (χ1v) is 8.38. The predicted octanol–water partition coefficient (Wildman–Crippen LogP) is 2.51. The molecule has 1 aliphatic carbocycles. The summed E-state index contributed by atoms with van der Waals surface area (Å²) in [5.74, 6) is 1.08. The van der Waals surface area contributed by atoms with Crippen LogP contribution in [-0.2, 0) is 11.2 Å². The first-order chi connectivity index (χ1) is 10.3. The van der Waals surface area contributed by atoms with Crippen LogP contribution >= 0.6 is 0 Å². The molecule has 0 aromatic heterocycles. The summed E-state index contributed by atoms with van der Waals surface area (Å²) in [6.07, 6.45) is 7.11. The molecule has 114 valence electrons. The molecule has 1 saturated carbocycles. The summed E-state index contributed by atoms with van der Waals surface area (Å²) in [5.41, 5.74) is 1.33. The van der Waals surface area contributed by atoms with Crippen LogP contribution in [0.3, 0.4) is 0 Å². The quantitative estimate of drug-likeness (QED) is 0.873. The molecule has 3 heteroatoms. The van der Waals surface area contributed by atoms with E-state index in [1.54, 1.807) is 0 Å². The monoisotopic (exact) mass is 286 g/mol. The maximum atomic E-state index is 12.5. The highest BCUT2D eigenvalue weighted by atomic mass is 16.2. The normalized spacial score (nSPS) is 24.1. The summed E-state index contributed by atoms with van der Waals surface area (Å²) < 4.78 is 0. The standard InChI is InChI=1S/C18H26N2O/c21-18(16-10-11-19-13-16)20-17(15-8-4-5-9-15)12-14-6-2-1-3-7-14/h1-3,6-7,15-17,19H,4-5,8-13H2,(H,20,21)/t16-,17+/m0/s1. The van der Waals surface area contributed by atoms with Crippen LogP contribution in [0.5, 0.6) is 0 Å². The number of rotatable bonds is 5. The molecule has 1 aliphatic heterocycles. The number of amides is 1. The summed E-state index contributed by atoms with van der Waals surface area (Å²) in [5, 5.41) is 6.66. The van der Waals surface area contributed by atoms with Gasteiger partial charge in [-0.05, 0) is 43.7 Å². The summed E-state index contributed by atoms with van der Waals surface area (Å²) in [6.45, 7) is 1.82. The zero-order valence-corrected chi connectivity index (χ0v) is 12.7. The number of hydrogen-bond acceptors (Lipinski definition) is 2. The molecular formula is C18H26N2O. The van der Waals surface area contributed by atoms with Gasteiger partial charge >= 0.3 is 0 Å². The Labute approximate surface area is 127 Å². The van der Waals surface area contributed by atoms with Gasteiger partial charge in [-0.2, -0.15) is 0 Å². The molecule has 0 radical (unpaired) electrons. The molecule has 1 heterocycles. The van der Waals surface area contributed by atoms with Crippen LogP contribution in [0.15, 0.2) is 30.3 Å². The second-order valence-corrected chi connectivity index (χ2v) is 6.54. The highest BCUT2D eigenvalue weighted by Crippen LogP contribution is 2.29. The Kier molecular flexibility index (Phi) is 4.91. The van der Waals surface area contributed by atoms with E-state index in [1.165, 1.54) is 31.2 Å². The van der Waals surface area contributed by atoms with E-state index in [2.05, 4.69) is 41.0 Å². The van der Waals surface area contributed by atoms with Crippen molar-refractivity contribution in [3.63, 3.8) is 0 Å². The van der Waals surface area contributed by atoms with E-state index in [9.17, 15) is 4.79 Å². The van der Waals surface area contributed by atoms with Gasteiger partial charge in [-0.15, -0.1) is 0 Å². The van der Waals surface area contributed by atoms with E-state index in [0.717, 1.165) is 25.9 Å². The largest absolute Gasteiger partial charge is 0.352 e. The van der Waals surface area contributed by atoms with Gasteiger partial charge in [0.15, 0.2) is 0 Å². The molecule has 2 aliphatic rings. The minimum Gasteiger partial charge on any atom is -0.352 e. The fraction of sp³-hybridized carbons (Fsp3) is 0.611. The lowest BCUT2D eigenvalue weighted by molar-refractivity contribution is -0.125. The number of carbonyl (C=O) groups is 1. The Balaban J connectivity index is 1.65. The highest BCUT2D eigenvalue weighted by Gasteiger charge is 2.29.